The van der Waals surface area contributed by atoms with E-state index in [1.165, 1.54) is 30.3 Å². The van der Waals surface area contributed by atoms with E-state index < -0.39 is 45.1 Å². The number of nitrogens with one attached hydrogen (secondary N) is 2. The summed E-state index contributed by atoms with van der Waals surface area (Å²) in [6, 6.07) is 8.72. The second-order valence-corrected chi connectivity index (χ2v) is 11.3. The Hall–Kier alpha value is -3.25. The molecule has 0 aliphatic carbocycles. The Morgan fingerprint density at radius 3 is 2.28 bits per heavy atom. The van der Waals surface area contributed by atoms with Crippen LogP contribution in [0.2, 0.25) is 0 Å². The third kappa shape index (κ3) is 9.47. The number of Topliss-reactive ketones (excluding diaryl/α,β-unsaturated/α-hetero) is 1. The summed E-state index contributed by atoms with van der Waals surface area (Å²) >= 11 is 0. The topological polar surface area (TPSA) is 138 Å². The van der Waals surface area contributed by atoms with Crippen LogP contribution in [0.3, 0.4) is 0 Å². The molecule has 0 saturated carbocycles. The van der Waals surface area contributed by atoms with Gasteiger partial charge in [0.2, 0.25) is 9.84 Å². The number of carbonyl (C=O) groups excluding carboxylic acids is 1. The normalized spacial score (nSPS) is 12.7. The van der Waals surface area contributed by atoms with E-state index in [0.717, 1.165) is 18.6 Å². The Balaban J connectivity index is 2.25. The van der Waals surface area contributed by atoms with Crippen molar-refractivity contribution in [3.8, 4) is 11.5 Å². The van der Waals surface area contributed by atoms with Gasteiger partial charge >= 0.3 is 6.36 Å². The van der Waals surface area contributed by atoms with E-state index in [2.05, 4.69) is 4.74 Å². The van der Waals surface area contributed by atoms with Crippen LogP contribution in [0, 0.1) is 22.7 Å². The average Bonchev–Trinajstić information content (AvgIpc) is 2.83. The molecule has 0 aliphatic rings. The molecule has 1 unspecified atom stereocenters. The van der Waals surface area contributed by atoms with E-state index in [9.17, 15) is 31.5 Å². The fourth-order valence-electron chi connectivity index (χ4n) is 3.80. The van der Waals surface area contributed by atoms with Crippen LogP contribution >= 0.6 is 0 Å². The maximum absolute atomic E-state index is 13.2. The van der Waals surface area contributed by atoms with Crippen molar-refractivity contribution >= 4 is 26.4 Å². The van der Waals surface area contributed by atoms with E-state index in [1.54, 1.807) is 6.92 Å². The highest BCUT2D eigenvalue weighted by Crippen LogP contribution is 2.29. The molecule has 0 heterocycles. The molecular formula is C27H33F3N2O6S. The summed E-state index contributed by atoms with van der Waals surface area (Å²) in [5.74, 6) is -1.44. The number of hydrogen-bond donors (Lipinski definition) is 3. The van der Waals surface area contributed by atoms with Crippen molar-refractivity contribution in [2.45, 2.75) is 57.7 Å². The number of hydrogen-bond acceptors (Lipinski definition) is 8. The van der Waals surface area contributed by atoms with Crippen molar-refractivity contribution in [2.24, 2.45) is 11.8 Å². The zero-order valence-corrected chi connectivity index (χ0v) is 22.8. The number of halogens is 3. The maximum atomic E-state index is 13.2. The molecule has 0 radical (unpaired) electrons. The van der Waals surface area contributed by atoms with Gasteiger partial charge in [-0.15, -0.1) is 13.2 Å². The minimum atomic E-state index is -4.92. The molecule has 0 aliphatic heterocycles. The fraction of sp³-hybridized carbons (Fsp3) is 0.444. The van der Waals surface area contributed by atoms with Gasteiger partial charge in [0.1, 0.15) is 21.4 Å². The third-order valence-corrected chi connectivity index (χ3v) is 7.49. The SMILES string of the molecule is CCOc1cc(CC(=N)C(=O)C(CO)CCC(C)C)ccc1S(=O)(=O)C(=N)Cc1cccc(OC(F)(F)F)c1. The number of carbonyl (C=O) groups is 1. The average molecular weight is 571 g/mol. The smallest absolute Gasteiger partial charge is 0.492 e. The summed E-state index contributed by atoms with van der Waals surface area (Å²) in [6.07, 6.45) is -4.34. The first kappa shape index (κ1) is 32.0. The summed E-state index contributed by atoms with van der Waals surface area (Å²) in [5, 5.41) is 25.3. The van der Waals surface area contributed by atoms with Gasteiger partial charge < -0.3 is 20.0 Å². The second kappa shape index (κ2) is 13.7. The zero-order valence-electron chi connectivity index (χ0n) is 22.0. The van der Waals surface area contributed by atoms with Crippen LogP contribution in [0.1, 0.15) is 44.7 Å². The number of rotatable bonds is 14. The summed E-state index contributed by atoms with van der Waals surface area (Å²) in [6.45, 7) is 5.34. The van der Waals surface area contributed by atoms with Crippen LogP contribution in [0.4, 0.5) is 13.2 Å². The van der Waals surface area contributed by atoms with Gasteiger partial charge in [-0.1, -0.05) is 38.5 Å². The van der Waals surface area contributed by atoms with Gasteiger partial charge in [-0.25, -0.2) is 8.42 Å². The summed E-state index contributed by atoms with van der Waals surface area (Å²) < 4.78 is 73.3. The molecule has 2 rings (SSSR count). The molecule has 39 heavy (non-hydrogen) atoms. The van der Waals surface area contributed by atoms with Gasteiger partial charge in [0.15, 0.2) is 5.78 Å². The minimum Gasteiger partial charge on any atom is -0.492 e. The standard InChI is InChI=1S/C27H33F3N2O6S/c1-4-37-23-14-19(13-22(31)26(34)20(16-33)10-8-17(2)3)9-11-24(23)39(35,36)25(32)15-18-6-5-7-21(12-18)38-27(28,29)30/h5-7,9,11-12,14,17,20,31-33H,4,8,10,13,15-16H2,1-3H3. The molecule has 3 N–H and O–H groups in total. The lowest BCUT2D eigenvalue weighted by atomic mass is 9.91. The van der Waals surface area contributed by atoms with Crippen molar-refractivity contribution in [3.05, 3.63) is 53.6 Å². The Labute approximate surface area is 226 Å². The lowest BCUT2D eigenvalue weighted by Gasteiger charge is -2.16. The zero-order chi connectivity index (χ0) is 29.4. The van der Waals surface area contributed by atoms with Crippen molar-refractivity contribution in [1.29, 1.82) is 10.8 Å². The van der Waals surface area contributed by atoms with Gasteiger partial charge in [-0.2, -0.15) is 0 Å². The number of ketones is 1. The Morgan fingerprint density at radius 2 is 1.69 bits per heavy atom. The quantitative estimate of drug-likeness (QED) is 0.212. The first-order chi connectivity index (χ1) is 18.2. The minimum absolute atomic E-state index is 0.0762. The highest BCUT2D eigenvalue weighted by molar-refractivity contribution is 8.06. The lowest BCUT2D eigenvalue weighted by molar-refractivity contribution is -0.274. The number of alkyl halides is 3. The number of benzene rings is 2. The van der Waals surface area contributed by atoms with Crippen LogP contribution in [0.25, 0.3) is 0 Å². The van der Waals surface area contributed by atoms with Crippen LogP contribution in [-0.2, 0) is 27.5 Å². The second-order valence-electron chi connectivity index (χ2n) is 9.38. The van der Waals surface area contributed by atoms with Gasteiger partial charge in [0.05, 0.1) is 18.9 Å². The van der Waals surface area contributed by atoms with Crippen LogP contribution in [0.5, 0.6) is 11.5 Å². The van der Waals surface area contributed by atoms with Crippen LogP contribution in [0.15, 0.2) is 47.4 Å². The number of ether oxygens (including phenoxy) is 2. The van der Waals surface area contributed by atoms with Gasteiger partial charge in [-0.3, -0.25) is 10.2 Å². The van der Waals surface area contributed by atoms with E-state index in [1.807, 2.05) is 13.8 Å². The molecule has 214 valence electrons. The molecule has 12 heteroatoms. The van der Waals surface area contributed by atoms with Gasteiger partial charge in [0.25, 0.3) is 0 Å². The molecule has 0 bridgehead atoms. The third-order valence-electron chi connectivity index (χ3n) is 5.78. The van der Waals surface area contributed by atoms with Crippen LogP contribution in [-0.4, -0.2) is 49.6 Å². The molecule has 0 spiro atoms. The summed E-state index contributed by atoms with van der Waals surface area (Å²) in [7, 11) is -4.39. The van der Waals surface area contributed by atoms with E-state index in [0.29, 0.717) is 17.9 Å². The molecule has 2 aromatic carbocycles. The highest BCUT2D eigenvalue weighted by Gasteiger charge is 2.31. The number of aliphatic hydroxyl groups excluding tert-OH is 1. The fourth-order valence-corrected chi connectivity index (χ4v) is 5.05. The van der Waals surface area contributed by atoms with Crippen molar-refractivity contribution in [1.82, 2.24) is 0 Å². The Morgan fingerprint density at radius 1 is 1.03 bits per heavy atom. The van der Waals surface area contributed by atoms with Crippen molar-refractivity contribution in [2.75, 3.05) is 13.2 Å². The van der Waals surface area contributed by atoms with Crippen molar-refractivity contribution < 1.29 is 41.0 Å². The molecular weight excluding hydrogens is 537 g/mol. The monoisotopic (exact) mass is 570 g/mol. The Kier molecular flexibility index (Phi) is 11.2. The molecule has 8 nitrogen and oxygen atoms in total. The molecule has 2 aromatic rings. The number of sulfone groups is 1. The Bertz CT molecular complexity index is 1290. The highest BCUT2D eigenvalue weighted by atomic mass is 32.2. The van der Waals surface area contributed by atoms with E-state index in [4.69, 9.17) is 15.6 Å². The molecule has 0 fully saturated rings. The molecule has 0 aromatic heterocycles. The first-order valence-electron chi connectivity index (χ1n) is 12.3. The van der Waals surface area contributed by atoms with Gasteiger partial charge in [0, 0.05) is 18.8 Å². The molecule has 0 saturated heterocycles. The molecule has 0 amide bonds. The first-order valence-corrected chi connectivity index (χ1v) is 13.8. The van der Waals surface area contributed by atoms with Crippen LogP contribution < -0.4 is 9.47 Å². The predicted molar refractivity (Wildman–Crippen MR) is 140 cm³/mol. The summed E-state index contributed by atoms with van der Waals surface area (Å²) in [5.41, 5.74) is 0.326. The maximum Gasteiger partial charge on any atom is 0.573 e. The summed E-state index contributed by atoms with van der Waals surface area (Å²) in [4.78, 5) is 12.4. The predicted octanol–water partition coefficient (Wildman–Crippen LogP) is 5.15. The van der Waals surface area contributed by atoms with Gasteiger partial charge in [-0.05, 0) is 54.7 Å². The lowest BCUT2D eigenvalue weighted by Crippen LogP contribution is -2.27. The molecule has 1 atom stereocenters. The largest absolute Gasteiger partial charge is 0.573 e. The van der Waals surface area contributed by atoms with Crippen molar-refractivity contribution in [3.63, 3.8) is 0 Å². The van der Waals surface area contributed by atoms with E-state index >= 15 is 0 Å². The number of aliphatic hydroxyl groups is 1. The van der Waals surface area contributed by atoms with E-state index in [-0.39, 0.29) is 41.6 Å².